The summed E-state index contributed by atoms with van der Waals surface area (Å²) >= 11 is 0. The summed E-state index contributed by atoms with van der Waals surface area (Å²) in [5.41, 5.74) is 2.69. The van der Waals surface area contributed by atoms with Gasteiger partial charge in [-0.3, -0.25) is 14.8 Å². The van der Waals surface area contributed by atoms with Crippen molar-refractivity contribution >= 4 is 5.91 Å². The number of hydrogen-bond acceptors (Lipinski definition) is 3. The van der Waals surface area contributed by atoms with Crippen molar-refractivity contribution in [3.05, 3.63) is 17.0 Å². The van der Waals surface area contributed by atoms with Crippen LogP contribution < -0.4 is 0 Å². The molecule has 1 N–H and O–H groups in total. The molecular weight excluding hydrogens is 264 g/mol. The molecule has 3 heterocycles. The van der Waals surface area contributed by atoms with E-state index in [1.54, 1.807) is 0 Å². The fraction of sp³-hybridized carbons (Fsp3) is 0.750. The van der Waals surface area contributed by atoms with Crippen LogP contribution in [0.1, 0.15) is 54.9 Å². The van der Waals surface area contributed by atoms with Crippen molar-refractivity contribution in [2.45, 2.75) is 58.5 Å². The van der Waals surface area contributed by atoms with E-state index in [1.807, 2.05) is 11.8 Å². The molecule has 2 aliphatic heterocycles. The molecule has 1 aromatic heterocycles. The molecule has 0 saturated carbocycles. The number of aryl methyl sites for hydroxylation is 1. The van der Waals surface area contributed by atoms with Crippen LogP contribution in [0.2, 0.25) is 0 Å². The Morgan fingerprint density at radius 1 is 1.38 bits per heavy atom. The van der Waals surface area contributed by atoms with E-state index >= 15 is 0 Å². The Morgan fingerprint density at radius 2 is 2.14 bits per heavy atom. The Hall–Kier alpha value is -1.36. The van der Waals surface area contributed by atoms with Gasteiger partial charge in [0.2, 0.25) is 0 Å². The number of likely N-dealkylation sites (tertiary alicyclic amines) is 2. The molecule has 5 nitrogen and oxygen atoms in total. The summed E-state index contributed by atoms with van der Waals surface area (Å²) in [5, 5.41) is 7.19. The second-order valence-electron chi connectivity index (χ2n) is 6.48. The van der Waals surface area contributed by atoms with E-state index in [0.717, 1.165) is 30.8 Å². The second-order valence-corrected chi connectivity index (χ2v) is 6.48. The summed E-state index contributed by atoms with van der Waals surface area (Å²) in [4.78, 5) is 17.0. The average Bonchev–Trinajstić information content (AvgIpc) is 2.80. The van der Waals surface area contributed by atoms with Gasteiger partial charge in [-0.15, -0.1) is 0 Å². The van der Waals surface area contributed by atoms with E-state index in [1.165, 1.54) is 25.8 Å². The molecule has 0 unspecified atom stereocenters. The maximum atomic E-state index is 12.5. The average molecular weight is 290 g/mol. The number of aromatic amines is 1. The van der Waals surface area contributed by atoms with Gasteiger partial charge in [-0.1, -0.05) is 13.3 Å². The fourth-order valence-corrected chi connectivity index (χ4v) is 3.63. The maximum Gasteiger partial charge on any atom is 0.274 e. The number of aromatic nitrogens is 2. The Bertz CT molecular complexity index is 518. The molecule has 0 spiro atoms. The van der Waals surface area contributed by atoms with E-state index < -0.39 is 0 Å². The smallest absolute Gasteiger partial charge is 0.274 e. The van der Waals surface area contributed by atoms with Crippen LogP contribution in [-0.2, 0) is 6.42 Å². The summed E-state index contributed by atoms with van der Waals surface area (Å²) in [6.07, 6.45) is 4.83. The predicted octanol–water partition coefficient (Wildman–Crippen LogP) is 1.98. The highest BCUT2D eigenvalue weighted by atomic mass is 16.2. The third-order valence-electron chi connectivity index (χ3n) is 5.14. The first kappa shape index (κ1) is 14.6. The van der Waals surface area contributed by atoms with Crippen molar-refractivity contribution in [3.8, 4) is 0 Å². The lowest BCUT2D eigenvalue weighted by molar-refractivity contribution is 0.00177. The van der Waals surface area contributed by atoms with Crippen LogP contribution in [0.5, 0.6) is 0 Å². The summed E-state index contributed by atoms with van der Waals surface area (Å²) in [6.45, 7) is 9.28. The van der Waals surface area contributed by atoms with Crippen molar-refractivity contribution in [2.75, 3.05) is 19.6 Å². The van der Waals surface area contributed by atoms with Crippen LogP contribution in [0.4, 0.5) is 0 Å². The SMILES string of the molecule is CCc1[nH]nc(C(=O)N2CC(N3CCCC[C@@H]3C)C2)c1C. The van der Waals surface area contributed by atoms with Gasteiger partial charge in [0.05, 0.1) is 0 Å². The highest BCUT2D eigenvalue weighted by Crippen LogP contribution is 2.25. The lowest BCUT2D eigenvalue weighted by atomic mass is 9.97. The minimum Gasteiger partial charge on any atom is -0.334 e. The predicted molar refractivity (Wildman–Crippen MR) is 82.4 cm³/mol. The number of hydrogen-bond donors (Lipinski definition) is 1. The molecule has 1 amide bonds. The summed E-state index contributed by atoms with van der Waals surface area (Å²) in [6, 6.07) is 1.22. The Morgan fingerprint density at radius 3 is 2.76 bits per heavy atom. The second kappa shape index (κ2) is 5.79. The monoisotopic (exact) mass is 290 g/mol. The minimum absolute atomic E-state index is 0.0874. The first-order valence-electron chi connectivity index (χ1n) is 8.20. The molecule has 2 fully saturated rings. The van der Waals surface area contributed by atoms with Gasteiger partial charge in [-0.05, 0) is 39.7 Å². The van der Waals surface area contributed by atoms with Crippen LogP contribution in [0, 0.1) is 6.92 Å². The summed E-state index contributed by atoms with van der Waals surface area (Å²) < 4.78 is 0. The van der Waals surface area contributed by atoms with E-state index in [9.17, 15) is 4.79 Å². The quantitative estimate of drug-likeness (QED) is 0.926. The fourth-order valence-electron chi connectivity index (χ4n) is 3.63. The van der Waals surface area contributed by atoms with Crippen molar-refractivity contribution < 1.29 is 4.79 Å². The Kier molecular flexibility index (Phi) is 4.02. The number of carbonyl (C=O) groups excluding carboxylic acids is 1. The molecule has 0 bridgehead atoms. The van der Waals surface area contributed by atoms with E-state index in [0.29, 0.717) is 17.8 Å². The van der Waals surface area contributed by atoms with E-state index in [-0.39, 0.29) is 5.91 Å². The largest absolute Gasteiger partial charge is 0.334 e. The highest BCUT2D eigenvalue weighted by molar-refractivity contribution is 5.94. The van der Waals surface area contributed by atoms with E-state index in [2.05, 4.69) is 28.9 Å². The molecule has 0 aromatic carbocycles. The molecule has 116 valence electrons. The maximum absolute atomic E-state index is 12.5. The lowest BCUT2D eigenvalue weighted by Crippen LogP contribution is -2.63. The number of H-pyrrole nitrogens is 1. The normalized spacial score (nSPS) is 24.1. The molecule has 2 aliphatic rings. The van der Waals surface area contributed by atoms with Crippen LogP contribution in [-0.4, -0.2) is 57.6 Å². The minimum atomic E-state index is 0.0874. The first-order valence-corrected chi connectivity index (χ1v) is 8.20. The van der Waals surface area contributed by atoms with Gasteiger partial charge in [-0.25, -0.2) is 0 Å². The highest BCUT2D eigenvalue weighted by Gasteiger charge is 2.38. The van der Waals surface area contributed by atoms with Crippen LogP contribution in [0.15, 0.2) is 0 Å². The van der Waals surface area contributed by atoms with Crippen molar-refractivity contribution in [1.82, 2.24) is 20.0 Å². The molecule has 2 saturated heterocycles. The van der Waals surface area contributed by atoms with Crippen molar-refractivity contribution in [2.24, 2.45) is 0 Å². The van der Waals surface area contributed by atoms with Gasteiger partial charge in [0.15, 0.2) is 5.69 Å². The molecule has 3 rings (SSSR count). The van der Waals surface area contributed by atoms with Gasteiger partial charge in [0.1, 0.15) is 0 Å². The molecule has 1 aromatic rings. The van der Waals surface area contributed by atoms with Crippen molar-refractivity contribution in [3.63, 3.8) is 0 Å². The number of nitrogens with one attached hydrogen (secondary N) is 1. The van der Waals surface area contributed by atoms with Crippen LogP contribution in [0.3, 0.4) is 0 Å². The zero-order valence-electron chi connectivity index (χ0n) is 13.4. The number of nitrogens with zero attached hydrogens (tertiary/aromatic N) is 3. The zero-order valence-corrected chi connectivity index (χ0v) is 13.4. The number of carbonyl (C=O) groups is 1. The molecule has 21 heavy (non-hydrogen) atoms. The topological polar surface area (TPSA) is 52.2 Å². The zero-order chi connectivity index (χ0) is 15.0. The molecule has 5 heteroatoms. The molecule has 0 radical (unpaired) electrons. The van der Waals surface area contributed by atoms with Crippen LogP contribution >= 0.6 is 0 Å². The van der Waals surface area contributed by atoms with Gasteiger partial charge in [-0.2, -0.15) is 5.10 Å². The van der Waals surface area contributed by atoms with Gasteiger partial charge < -0.3 is 4.90 Å². The lowest BCUT2D eigenvalue weighted by Gasteiger charge is -2.49. The molecule has 0 aliphatic carbocycles. The summed E-state index contributed by atoms with van der Waals surface area (Å²) in [7, 11) is 0. The standard InChI is InChI=1S/C16H26N4O/c1-4-14-12(3)15(18-17-14)16(21)19-9-13(10-19)20-8-6-5-7-11(20)2/h11,13H,4-10H2,1-3H3,(H,17,18)/t11-/m0/s1. The van der Waals surface area contributed by atoms with Gasteiger partial charge in [0, 0.05) is 36.4 Å². The van der Waals surface area contributed by atoms with Crippen molar-refractivity contribution in [1.29, 1.82) is 0 Å². The van der Waals surface area contributed by atoms with Gasteiger partial charge >= 0.3 is 0 Å². The van der Waals surface area contributed by atoms with Crippen LogP contribution in [0.25, 0.3) is 0 Å². The summed E-state index contributed by atoms with van der Waals surface area (Å²) in [5.74, 6) is 0.0874. The number of piperidine rings is 1. The Labute approximate surface area is 126 Å². The number of amides is 1. The third-order valence-corrected chi connectivity index (χ3v) is 5.14. The van der Waals surface area contributed by atoms with E-state index in [4.69, 9.17) is 0 Å². The third kappa shape index (κ3) is 2.59. The number of rotatable bonds is 3. The molecular formula is C16H26N4O. The van der Waals surface area contributed by atoms with Gasteiger partial charge in [0.25, 0.3) is 5.91 Å². The Balaban J connectivity index is 1.60. The first-order chi connectivity index (χ1) is 10.1. The molecule has 1 atom stereocenters.